The van der Waals surface area contributed by atoms with Crippen molar-refractivity contribution in [2.45, 2.75) is 46.6 Å². The maximum atomic E-state index is 5.81. The Labute approximate surface area is 82.8 Å². The molecular formula is C11H25NO. The summed E-state index contributed by atoms with van der Waals surface area (Å²) in [5.74, 6) is 0.665. The van der Waals surface area contributed by atoms with Crippen LogP contribution in [0.3, 0.4) is 0 Å². The summed E-state index contributed by atoms with van der Waals surface area (Å²) in [5.41, 5.74) is 6.14. The molecule has 0 aliphatic carbocycles. The van der Waals surface area contributed by atoms with Gasteiger partial charge < -0.3 is 10.5 Å². The number of ether oxygens (including phenoxy) is 1. The molecule has 0 saturated carbocycles. The van der Waals surface area contributed by atoms with Gasteiger partial charge in [-0.2, -0.15) is 0 Å². The molecule has 0 radical (unpaired) electrons. The Bertz CT molecular complexity index is 132. The van der Waals surface area contributed by atoms with Crippen LogP contribution < -0.4 is 5.73 Å². The van der Waals surface area contributed by atoms with E-state index in [1.165, 1.54) is 0 Å². The van der Waals surface area contributed by atoms with Gasteiger partial charge in [0.25, 0.3) is 0 Å². The fourth-order valence-electron chi connectivity index (χ4n) is 1.72. The minimum atomic E-state index is 0.292. The van der Waals surface area contributed by atoms with E-state index in [0.717, 1.165) is 19.4 Å². The molecule has 0 saturated heterocycles. The lowest BCUT2D eigenvalue weighted by molar-refractivity contribution is 0.126. The molecule has 2 nitrogen and oxygen atoms in total. The Morgan fingerprint density at radius 3 is 2.23 bits per heavy atom. The summed E-state index contributed by atoms with van der Waals surface area (Å²) in [7, 11) is 1.76. The first kappa shape index (κ1) is 12.9. The van der Waals surface area contributed by atoms with Crippen molar-refractivity contribution in [3.05, 3.63) is 0 Å². The van der Waals surface area contributed by atoms with Gasteiger partial charge in [0, 0.05) is 19.8 Å². The van der Waals surface area contributed by atoms with Crippen molar-refractivity contribution in [2.75, 3.05) is 13.7 Å². The van der Waals surface area contributed by atoms with Crippen molar-refractivity contribution in [1.82, 2.24) is 0 Å². The molecule has 0 fully saturated rings. The van der Waals surface area contributed by atoms with Gasteiger partial charge in [-0.3, -0.25) is 0 Å². The second kappa shape index (κ2) is 5.61. The summed E-state index contributed by atoms with van der Waals surface area (Å²) in [6.45, 7) is 9.78. The number of methoxy groups -OCH3 is 1. The summed E-state index contributed by atoms with van der Waals surface area (Å²) < 4.78 is 5.08. The molecule has 0 amide bonds. The summed E-state index contributed by atoms with van der Waals surface area (Å²) in [6.07, 6.45) is 2.20. The van der Waals surface area contributed by atoms with Gasteiger partial charge in [-0.25, -0.2) is 0 Å². The van der Waals surface area contributed by atoms with Crippen LogP contribution in [-0.2, 0) is 4.74 Å². The lowest BCUT2D eigenvalue weighted by Gasteiger charge is -2.33. The average molecular weight is 187 g/mol. The lowest BCUT2D eigenvalue weighted by atomic mass is 9.74. The van der Waals surface area contributed by atoms with Gasteiger partial charge in [0.15, 0.2) is 0 Å². The fourth-order valence-corrected chi connectivity index (χ4v) is 1.72. The normalized spacial score (nSPS) is 17.1. The quantitative estimate of drug-likeness (QED) is 0.693. The van der Waals surface area contributed by atoms with E-state index in [-0.39, 0.29) is 0 Å². The third-order valence-corrected chi connectivity index (χ3v) is 2.94. The van der Waals surface area contributed by atoms with Crippen LogP contribution in [0.2, 0.25) is 0 Å². The van der Waals surface area contributed by atoms with Crippen LogP contribution in [0.25, 0.3) is 0 Å². The van der Waals surface area contributed by atoms with E-state index in [0.29, 0.717) is 17.4 Å². The SMILES string of the molecule is COCCC(C)C(C)(C)CC(C)N. The molecule has 2 N–H and O–H groups in total. The molecule has 0 heterocycles. The van der Waals surface area contributed by atoms with Crippen LogP contribution in [0.1, 0.15) is 40.5 Å². The van der Waals surface area contributed by atoms with Crippen molar-refractivity contribution in [2.24, 2.45) is 17.1 Å². The highest BCUT2D eigenvalue weighted by molar-refractivity contribution is 4.78. The highest BCUT2D eigenvalue weighted by Gasteiger charge is 2.26. The average Bonchev–Trinajstić information content (AvgIpc) is 1.97. The largest absolute Gasteiger partial charge is 0.385 e. The predicted molar refractivity (Wildman–Crippen MR) is 57.7 cm³/mol. The standard InChI is InChI=1S/C11H25NO/c1-9(6-7-13-5)11(3,4)8-10(2)12/h9-10H,6-8,12H2,1-5H3. The molecule has 0 aromatic carbocycles. The fraction of sp³-hybridized carbons (Fsp3) is 1.00. The maximum absolute atomic E-state index is 5.81. The first-order valence-electron chi connectivity index (χ1n) is 5.14. The minimum absolute atomic E-state index is 0.292. The van der Waals surface area contributed by atoms with Gasteiger partial charge in [0.05, 0.1) is 0 Å². The number of rotatable bonds is 6. The van der Waals surface area contributed by atoms with Crippen molar-refractivity contribution in [1.29, 1.82) is 0 Å². The van der Waals surface area contributed by atoms with Gasteiger partial charge in [0.1, 0.15) is 0 Å². The topological polar surface area (TPSA) is 35.2 Å². The van der Waals surface area contributed by atoms with Crippen LogP contribution in [0, 0.1) is 11.3 Å². The highest BCUT2D eigenvalue weighted by atomic mass is 16.5. The van der Waals surface area contributed by atoms with E-state index in [1.54, 1.807) is 7.11 Å². The Kier molecular flexibility index (Phi) is 5.57. The van der Waals surface area contributed by atoms with Crippen LogP contribution in [0.15, 0.2) is 0 Å². The molecule has 2 atom stereocenters. The first-order valence-corrected chi connectivity index (χ1v) is 5.14. The molecule has 0 rings (SSSR count). The zero-order chi connectivity index (χ0) is 10.5. The van der Waals surface area contributed by atoms with Crippen molar-refractivity contribution in [3.8, 4) is 0 Å². The first-order chi connectivity index (χ1) is 5.90. The third-order valence-electron chi connectivity index (χ3n) is 2.94. The molecule has 0 bridgehead atoms. The summed E-state index contributed by atoms with van der Waals surface area (Å²) in [5, 5.41) is 0. The Hall–Kier alpha value is -0.0800. The molecule has 2 unspecified atom stereocenters. The molecular weight excluding hydrogens is 162 g/mol. The van der Waals surface area contributed by atoms with E-state index in [9.17, 15) is 0 Å². The smallest absolute Gasteiger partial charge is 0.0465 e. The van der Waals surface area contributed by atoms with E-state index >= 15 is 0 Å². The number of nitrogens with two attached hydrogens (primary N) is 1. The van der Waals surface area contributed by atoms with E-state index in [4.69, 9.17) is 10.5 Å². The molecule has 0 aromatic heterocycles. The maximum Gasteiger partial charge on any atom is 0.0465 e. The van der Waals surface area contributed by atoms with Crippen molar-refractivity contribution < 1.29 is 4.74 Å². The van der Waals surface area contributed by atoms with Crippen LogP contribution in [0.4, 0.5) is 0 Å². The molecule has 0 aromatic rings. The monoisotopic (exact) mass is 187 g/mol. The van der Waals surface area contributed by atoms with Crippen molar-refractivity contribution >= 4 is 0 Å². The second-order valence-corrected chi connectivity index (χ2v) is 4.85. The van der Waals surface area contributed by atoms with Crippen LogP contribution in [0.5, 0.6) is 0 Å². The molecule has 0 aliphatic rings. The van der Waals surface area contributed by atoms with E-state index < -0.39 is 0 Å². The zero-order valence-corrected chi connectivity index (χ0v) is 9.76. The van der Waals surface area contributed by atoms with Gasteiger partial charge >= 0.3 is 0 Å². The third kappa shape index (κ3) is 5.27. The second-order valence-electron chi connectivity index (χ2n) is 4.85. The van der Waals surface area contributed by atoms with Gasteiger partial charge in [-0.15, -0.1) is 0 Å². The van der Waals surface area contributed by atoms with E-state index in [1.807, 2.05) is 0 Å². The lowest BCUT2D eigenvalue weighted by Crippen LogP contribution is -2.30. The van der Waals surface area contributed by atoms with Crippen molar-refractivity contribution in [3.63, 3.8) is 0 Å². The number of hydrogen-bond acceptors (Lipinski definition) is 2. The van der Waals surface area contributed by atoms with Gasteiger partial charge in [-0.05, 0) is 31.1 Å². The van der Waals surface area contributed by atoms with Gasteiger partial charge in [0.2, 0.25) is 0 Å². The summed E-state index contributed by atoms with van der Waals surface area (Å²) in [6, 6.07) is 0.292. The highest BCUT2D eigenvalue weighted by Crippen LogP contribution is 2.33. The van der Waals surface area contributed by atoms with Gasteiger partial charge in [-0.1, -0.05) is 20.8 Å². The zero-order valence-electron chi connectivity index (χ0n) is 9.76. The Morgan fingerprint density at radius 2 is 1.85 bits per heavy atom. The predicted octanol–water partition coefficient (Wildman–Crippen LogP) is 2.42. The molecule has 80 valence electrons. The minimum Gasteiger partial charge on any atom is -0.385 e. The van der Waals surface area contributed by atoms with E-state index in [2.05, 4.69) is 27.7 Å². The Morgan fingerprint density at radius 1 is 1.31 bits per heavy atom. The molecule has 0 spiro atoms. The molecule has 0 aliphatic heterocycles. The Balaban J connectivity index is 3.94. The molecule has 13 heavy (non-hydrogen) atoms. The summed E-state index contributed by atoms with van der Waals surface area (Å²) in [4.78, 5) is 0. The van der Waals surface area contributed by atoms with Crippen LogP contribution in [-0.4, -0.2) is 19.8 Å². The van der Waals surface area contributed by atoms with Crippen LogP contribution >= 0.6 is 0 Å². The molecule has 2 heteroatoms. The number of hydrogen-bond donors (Lipinski definition) is 1. The summed E-state index contributed by atoms with van der Waals surface area (Å²) >= 11 is 0.